The number of pyridine rings is 1. The van der Waals surface area contributed by atoms with E-state index < -0.39 is 0 Å². The number of anilines is 1. The van der Waals surface area contributed by atoms with Crippen molar-refractivity contribution in [1.29, 1.82) is 0 Å². The van der Waals surface area contributed by atoms with E-state index in [0.29, 0.717) is 22.2 Å². The minimum atomic E-state index is 0.507. The van der Waals surface area contributed by atoms with Crippen LogP contribution in [0.1, 0.15) is 0 Å². The maximum Gasteiger partial charge on any atom is 0.183 e. The summed E-state index contributed by atoms with van der Waals surface area (Å²) in [5, 5.41) is 8.17. The highest BCUT2D eigenvalue weighted by Gasteiger charge is 2.11. The molecular formula is C13H11ClN4O. The molecule has 0 fully saturated rings. The first kappa shape index (κ1) is 11.8. The Morgan fingerprint density at radius 3 is 2.89 bits per heavy atom. The minimum Gasteiger partial charge on any atom is -0.496 e. The van der Waals surface area contributed by atoms with Crippen molar-refractivity contribution >= 4 is 28.5 Å². The number of nitrogens with one attached hydrogen (secondary N) is 1. The van der Waals surface area contributed by atoms with E-state index in [4.69, 9.17) is 22.1 Å². The lowest BCUT2D eigenvalue weighted by Crippen LogP contribution is -1.91. The van der Waals surface area contributed by atoms with E-state index in [-0.39, 0.29) is 0 Å². The number of aromatic amines is 1. The van der Waals surface area contributed by atoms with Crippen LogP contribution in [0.3, 0.4) is 0 Å². The van der Waals surface area contributed by atoms with Crippen molar-refractivity contribution < 1.29 is 4.74 Å². The molecule has 0 radical (unpaired) electrons. The normalized spacial score (nSPS) is 10.8. The summed E-state index contributed by atoms with van der Waals surface area (Å²) in [5.41, 5.74) is 7.86. The standard InChI is InChI=1S/C13H11ClN4O/c1-19-11-5-2-7(14)6-9(11)10-4-3-8-12(15)17-18-13(8)16-10/h2-6H,1H3,(H3,15,16,17,18). The minimum absolute atomic E-state index is 0.507. The van der Waals surface area contributed by atoms with Gasteiger partial charge < -0.3 is 10.5 Å². The molecule has 6 heteroatoms. The molecule has 0 aliphatic heterocycles. The van der Waals surface area contributed by atoms with Crippen molar-refractivity contribution in [3.8, 4) is 17.0 Å². The van der Waals surface area contributed by atoms with Gasteiger partial charge in [0.05, 0.1) is 18.2 Å². The first-order chi connectivity index (χ1) is 9.19. The Hall–Kier alpha value is -2.27. The molecule has 3 rings (SSSR count). The quantitative estimate of drug-likeness (QED) is 0.753. The van der Waals surface area contributed by atoms with E-state index in [1.54, 1.807) is 13.2 Å². The molecule has 0 aliphatic carbocycles. The highest BCUT2D eigenvalue weighted by Crippen LogP contribution is 2.32. The molecule has 0 spiro atoms. The van der Waals surface area contributed by atoms with Gasteiger partial charge in [0.15, 0.2) is 5.65 Å². The van der Waals surface area contributed by atoms with Crippen LogP contribution in [0.5, 0.6) is 5.75 Å². The van der Waals surface area contributed by atoms with Gasteiger partial charge in [0.2, 0.25) is 0 Å². The highest BCUT2D eigenvalue weighted by atomic mass is 35.5. The van der Waals surface area contributed by atoms with Crippen molar-refractivity contribution in [1.82, 2.24) is 15.2 Å². The molecule has 96 valence electrons. The Morgan fingerprint density at radius 2 is 2.11 bits per heavy atom. The third-order valence-corrected chi connectivity index (χ3v) is 3.12. The number of H-pyrrole nitrogens is 1. The lowest BCUT2D eigenvalue weighted by Gasteiger charge is -2.08. The van der Waals surface area contributed by atoms with Crippen LogP contribution in [-0.2, 0) is 0 Å². The van der Waals surface area contributed by atoms with Crippen LogP contribution in [0.25, 0.3) is 22.3 Å². The summed E-state index contributed by atoms with van der Waals surface area (Å²) in [6, 6.07) is 9.13. The lowest BCUT2D eigenvalue weighted by molar-refractivity contribution is 0.416. The fraction of sp³-hybridized carbons (Fsp3) is 0.0769. The summed E-state index contributed by atoms with van der Waals surface area (Å²) in [5.74, 6) is 1.21. The van der Waals surface area contributed by atoms with Gasteiger partial charge in [-0.15, -0.1) is 0 Å². The second kappa shape index (κ2) is 4.44. The topological polar surface area (TPSA) is 76.8 Å². The molecule has 2 aromatic heterocycles. The van der Waals surface area contributed by atoms with Crippen molar-refractivity contribution in [2.75, 3.05) is 12.8 Å². The van der Waals surface area contributed by atoms with Crippen molar-refractivity contribution in [2.45, 2.75) is 0 Å². The molecular weight excluding hydrogens is 264 g/mol. The zero-order chi connectivity index (χ0) is 13.4. The van der Waals surface area contributed by atoms with Gasteiger partial charge in [-0.25, -0.2) is 4.98 Å². The van der Waals surface area contributed by atoms with E-state index in [1.807, 2.05) is 24.3 Å². The highest BCUT2D eigenvalue weighted by molar-refractivity contribution is 6.31. The Morgan fingerprint density at radius 1 is 1.26 bits per heavy atom. The zero-order valence-electron chi connectivity index (χ0n) is 10.1. The predicted octanol–water partition coefficient (Wildman–Crippen LogP) is 2.87. The Bertz CT molecular complexity index is 753. The number of hydrogen-bond donors (Lipinski definition) is 2. The molecule has 3 aromatic rings. The lowest BCUT2D eigenvalue weighted by atomic mass is 10.1. The smallest absolute Gasteiger partial charge is 0.183 e. The zero-order valence-corrected chi connectivity index (χ0v) is 10.9. The van der Waals surface area contributed by atoms with Crippen LogP contribution in [-0.4, -0.2) is 22.3 Å². The Balaban J connectivity index is 2.21. The van der Waals surface area contributed by atoms with Gasteiger partial charge in [-0.2, -0.15) is 5.10 Å². The third kappa shape index (κ3) is 1.98. The van der Waals surface area contributed by atoms with E-state index in [1.165, 1.54) is 0 Å². The molecule has 0 aliphatic rings. The monoisotopic (exact) mass is 274 g/mol. The number of hydrogen-bond acceptors (Lipinski definition) is 4. The van der Waals surface area contributed by atoms with Crippen molar-refractivity contribution in [3.05, 3.63) is 35.4 Å². The number of rotatable bonds is 2. The number of nitrogens with two attached hydrogens (primary N) is 1. The van der Waals surface area contributed by atoms with Crippen molar-refractivity contribution in [3.63, 3.8) is 0 Å². The summed E-state index contributed by atoms with van der Waals surface area (Å²) < 4.78 is 5.32. The van der Waals surface area contributed by atoms with Crippen LogP contribution in [0, 0.1) is 0 Å². The van der Waals surface area contributed by atoms with Gasteiger partial charge in [-0.1, -0.05) is 11.6 Å². The maximum atomic E-state index is 6.02. The average Bonchev–Trinajstić information content (AvgIpc) is 2.80. The molecule has 19 heavy (non-hydrogen) atoms. The number of halogens is 1. The van der Waals surface area contributed by atoms with E-state index in [0.717, 1.165) is 16.6 Å². The first-order valence-corrected chi connectivity index (χ1v) is 6.01. The van der Waals surface area contributed by atoms with E-state index in [9.17, 15) is 0 Å². The van der Waals surface area contributed by atoms with Crippen LogP contribution in [0.4, 0.5) is 5.82 Å². The Kier molecular flexibility index (Phi) is 2.76. The number of methoxy groups -OCH3 is 1. The molecule has 0 unspecified atom stereocenters. The maximum absolute atomic E-state index is 6.02. The second-order valence-corrected chi connectivity index (χ2v) is 4.49. The van der Waals surface area contributed by atoms with E-state index in [2.05, 4.69) is 15.2 Å². The third-order valence-electron chi connectivity index (χ3n) is 2.89. The number of ether oxygens (including phenoxy) is 1. The van der Waals surface area contributed by atoms with E-state index >= 15 is 0 Å². The number of nitrogen functional groups attached to an aromatic ring is 1. The fourth-order valence-electron chi connectivity index (χ4n) is 1.95. The molecule has 1 aromatic carbocycles. The number of nitrogens with zero attached hydrogens (tertiary/aromatic N) is 2. The van der Waals surface area contributed by atoms with Crippen LogP contribution >= 0.6 is 11.6 Å². The Labute approximate surface area is 114 Å². The van der Waals surface area contributed by atoms with Gasteiger partial charge in [-0.3, -0.25) is 5.10 Å². The molecule has 5 nitrogen and oxygen atoms in total. The van der Waals surface area contributed by atoms with Gasteiger partial charge >= 0.3 is 0 Å². The molecule has 0 atom stereocenters. The molecule has 2 heterocycles. The summed E-state index contributed by atoms with van der Waals surface area (Å²) in [4.78, 5) is 4.46. The SMILES string of the molecule is COc1ccc(Cl)cc1-c1ccc2c(N)[nH]nc2n1. The second-order valence-electron chi connectivity index (χ2n) is 4.05. The summed E-state index contributed by atoms with van der Waals surface area (Å²) in [6.07, 6.45) is 0. The van der Waals surface area contributed by atoms with Crippen LogP contribution in [0.15, 0.2) is 30.3 Å². The number of aromatic nitrogens is 3. The fourth-order valence-corrected chi connectivity index (χ4v) is 2.12. The molecule has 0 saturated carbocycles. The molecule has 3 N–H and O–H groups in total. The molecule has 0 bridgehead atoms. The predicted molar refractivity (Wildman–Crippen MR) is 75.3 cm³/mol. The summed E-state index contributed by atoms with van der Waals surface area (Å²) in [7, 11) is 1.61. The van der Waals surface area contributed by atoms with Gasteiger partial charge in [0.1, 0.15) is 11.6 Å². The summed E-state index contributed by atoms with van der Waals surface area (Å²) in [6.45, 7) is 0. The van der Waals surface area contributed by atoms with Crippen LogP contribution in [0.2, 0.25) is 5.02 Å². The average molecular weight is 275 g/mol. The molecule has 0 amide bonds. The summed E-state index contributed by atoms with van der Waals surface area (Å²) >= 11 is 6.02. The van der Waals surface area contributed by atoms with Gasteiger partial charge in [-0.05, 0) is 30.3 Å². The van der Waals surface area contributed by atoms with Crippen molar-refractivity contribution in [2.24, 2.45) is 0 Å². The largest absolute Gasteiger partial charge is 0.496 e. The number of fused-ring (bicyclic) bond motifs is 1. The number of benzene rings is 1. The first-order valence-electron chi connectivity index (χ1n) is 5.63. The van der Waals surface area contributed by atoms with Gasteiger partial charge in [0.25, 0.3) is 0 Å². The molecule has 0 saturated heterocycles. The van der Waals surface area contributed by atoms with Gasteiger partial charge in [0, 0.05) is 10.6 Å². The van der Waals surface area contributed by atoms with Crippen LogP contribution < -0.4 is 10.5 Å².